The van der Waals surface area contributed by atoms with Crippen molar-refractivity contribution in [1.29, 1.82) is 0 Å². The molecule has 1 aromatic heterocycles. The number of hydrogen-bond acceptors (Lipinski definition) is 6. The van der Waals surface area contributed by atoms with Crippen LogP contribution in [0.5, 0.6) is 0 Å². The maximum Gasteiger partial charge on any atom is 0.416 e. The summed E-state index contributed by atoms with van der Waals surface area (Å²) < 4.78 is 73.6. The molecule has 3 aromatic rings. The molecule has 4 rings (SSSR count). The second-order valence-electron chi connectivity index (χ2n) is 9.30. The van der Waals surface area contributed by atoms with Crippen molar-refractivity contribution in [2.75, 3.05) is 16.2 Å². The summed E-state index contributed by atoms with van der Waals surface area (Å²) in [4.78, 5) is 28.8. The number of fused-ring (bicyclic) bond motifs is 1. The Morgan fingerprint density at radius 1 is 1.10 bits per heavy atom. The molecule has 2 amide bonds. The highest BCUT2D eigenvalue weighted by Gasteiger charge is 2.37. The van der Waals surface area contributed by atoms with Gasteiger partial charge in [-0.25, -0.2) is 13.2 Å². The van der Waals surface area contributed by atoms with Gasteiger partial charge >= 0.3 is 12.3 Å². The molecule has 1 aliphatic rings. The number of alkyl carbamates (subject to hydrolysis) is 1. The molecule has 1 atom stereocenters. The molecular weight excluding hydrogens is 608 g/mol. The zero-order valence-corrected chi connectivity index (χ0v) is 23.8. The minimum atomic E-state index is -4.78. The van der Waals surface area contributed by atoms with Crippen LogP contribution < -0.4 is 14.9 Å². The van der Waals surface area contributed by atoms with Gasteiger partial charge in [0.05, 0.1) is 68.0 Å². The predicted molar refractivity (Wildman–Crippen MR) is 147 cm³/mol. The van der Waals surface area contributed by atoms with Crippen molar-refractivity contribution in [1.82, 2.24) is 10.3 Å². The average molecular weight is 631 g/mol. The number of sulfonamides is 1. The number of anilines is 2. The van der Waals surface area contributed by atoms with E-state index in [0.717, 1.165) is 22.5 Å². The molecule has 1 aliphatic heterocycles. The fraction of sp³-hybridized carbons (Fsp3) is 0.269. The predicted octanol–water partition coefficient (Wildman–Crippen LogP) is 5.91. The van der Waals surface area contributed by atoms with E-state index in [0.29, 0.717) is 6.07 Å². The zero-order chi connectivity index (χ0) is 30.1. The fourth-order valence-corrected chi connectivity index (χ4v) is 6.27. The fourth-order valence-electron chi connectivity index (χ4n) is 4.13. The van der Waals surface area contributed by atoms with E-state index in [1.165, 1.54) is 24.4 Å². The van der Waals surface area contributed by atoms with Crippen LogP contribution in [0.4, 0.5) is 29.3 Å². The Morgan fingerprint density at radius 3 is 2.39 bits per heavy atom. The van der Waals surface area contributed by atoms with E-state index in [1.807, 2.05) is 0 Å². The third-order valence-corrected chi connectivity index (χ3v) is 8.31. The van der Waals surface area contributed by atoms with Gasteiger partial charge in [-0.15, -0.1) is 0 Å². The molecule has 2 aromatic carbocycles. The molecule has 15 heteroatoms. The molecule has 9 nitrogen and oxygen atoms in total. The SMILES string of the molecule is CC(C)OC(=O)N[C@@H]1Cc2ncc(NC(=O)c3c(Cl)cccc3Cl)cc2N(S(=O)(=O)c2cccc(C(F)(F)F)c2)C1. The number of nitrogens with one attached hydrogen (secondary N) is 2. The first-order chi connectivity index (χ1) is 19.2. The molecular formula is C26H23Cl2F3N4O5S. The lowest BCUT2D eigenvalue weighted by molar-refractivity contribution is -0.137. The second kappa shape index (κ2) is 11.7. The lowest BCUT2D eigenvalue weighted by atomic mass is 10.0. The summed E-state index contributed by atoms with van der Waals surface area (Å²) in [5, 5.41) is 5.30. The summed E-state index contributed by atoms with van der Waals surface area (Å²) in [7, 11) is -4.61. The summed E-state index contributed by atoms with van der Waals surface area (Å²) in [5.74, 6) is -0.693. The van der Waals surface area contributed by atoms with Crippen molar-refractivity contribution < 1.29 is 35.9 Å². The van der Waals surface area contributed by atoms with Crippen LogP contribution in [0.15, 0.2) is 59.6 Å². The van der Waals surface area contributed by atoms with E-state index in [1.54, 1.807) is 19.9 Å². The van der Waals surface area contributed by atoms with E-state index in [9.17, 15) is 31.2 Å². The first kappa shape index (κ1) is 30.4. The van der Waals surface area contributed by atoms with Gasteiger partial charge < -0.3 is 15.4 Å². The van der Waals surface area contributed by atoms with Crippen molar-refractivity contribution in [3.05, 3.63) is 81.6 Å². The van der Waals surface area contributed by atoms with E-state index >= 15 is 0 Å². The highest BCUT2D eigenvalue weighted by Crippen LogP contribution is 2.36. The number of benzene rings is 2. The monoisotopic (exact) mass is 630 g/mol. The lowest BCUT2D eigenvalue weighted by Gasteiger charge is -2.35. The molecule has 2 N–H and O–H groups in total. The number of aromatic nitrogens is 1. The molecule has 218 valence electrons. The summed E-state index contributed by atoms with van der Waals surface area (Å²) in [6, 6.07) is 8.28. The number of carbonyl (C=O) groups excluding carboxylic acids is 2. The molecule has 0 unspecified atom stereocenters. The first-order valence-corrected chi connectivity index (χ1v) is 14.3. The van der Waals surface area contributed by atoms with Crippen LogP contribution in [0.25, 0.3) is 0 Å². The number of ether oxygens (including phenoxy) is 1. The van der Waals surface area contributed by atoms with E-state index in [4.69, 9.17) is 27.9 Å². The normalized spacial score (nSPS) is 15.3. The Bertz CT molecular complexity index is 1580. The lowest BCUT2D eigenvalue weighted by Crippen LogP contribution is -2.50. The summed E-state index contributed by atoms with van der Waals surface area (Å²) in [6.07, 6.45) is -4.70. The van der Waals surface area contributed by atoms with Gasteiger partial charge in [0.1, 0.15) is 0 Å². The van der Waals surface area contributed by atoms with Crippen LogP contribution in [0.3, 0.4) is 0 Å². The molecule has 0 saturated carbocycles. The smallest absolute Gasteiger partial charge is 0.416 e. The maximum absolute atomic E-state index is 13.7. The van der Waals surface area contributed by atoms with Crippen LogP contribution in [-0.4, -0.2) is 44.1 Å². The highest BCUT2D eigenvalue weighted by atomic mass is 35.5. The Balaban J connectivity index is 1.74. The van der Waals surface area contributed by atoms with Crippen LogP contribution in [0.1, 0.15) is 35.5 Å². The first-order valence-electron chi connectivity index (χ1n) is 12.1. The number of hydrogen-bond donors (Lipinski definition) is 2. The van der Waals surface area contributed by atoms with Crippen molar-refractivity contribution in [3.63, 3.8) is 0 Å². The largest absolute Gasteiger partial charge is 0.447 e. The Labute approximate surface area is 243 Å². The second-order valence-corrected chi connectivity index (χ2v) is 12.0. The molecule has 2 heterocycles. The highest BCUT2D eigenvalue weighted by molar-refractivity contribution is 7.92. The molecule has 41 heavy (non-hydrogen) atoms. The van der Waals surface area contributed by atoms with Crippen molar-refractivity contribution in [2.24, 2.45) is 0 Å². The van der Waals surface area contributed by atoms with Gasteiger partial charge in [0.2, 0.25) is 0 Å². The third kappa shape index (κ3) is 6.85. The Kier molecular flexibility index (Phi) is 8.71. The van der Waals surface area contributed by atoms with E-state index in [2.05, 4.69) is 15.6 Å². The topological polar surface area (TPSA) is 118 Å². The van der Waals surface area contributed by atoms with Crippen LogP contribution >= 0.6 is 23.2 Å². The Hall–Kier alpha value is -3.55. The average Bonchev–Trinajstić information content (AvgIpc) is 2.87. The Morgan fingerprint density at radius 2 is 1.76 bits per heavy atom. The summed E-state index contributed by atoms with van der Waals surface area (Å²) in [6.45, 7) is 2.91. The third-order valence-electron chi connectivity index (χ3n) is 5.90. The van der Waals surface area contributed by atoms with Gasteiger partial charge in [0.25, 0.3) is 15.9 Å². The van der Waals surface area contributed by atoms with Gasteiger partial charge in [-0.2, -0.15) is 13.2 Å². The quantitative estimate of drug-likeness (QED) is 0.349. The summed E-state index contributed by atoms with van der Waals surface area (Å²) in [5.41, 5.74) is -0.896. The number of carbonyl (C=O) groups is 2. The zero-order valence-electron chi connectivity index (χ0n) is 21.5. The van der Waals surface area contributed by atoms with Gasteiger partial charge in [0.15, 0.2) is 0 Å². The van der Waals surface area contributed by atoms with Gasteiger partial charge in [-0.05, 0) is 50.2 Å². The molecule has 0 bridgehead atoms. The molecule has 0 radical (unpaired) electrons. The molecule has 0 spiro atoms. The van der Waals surface area contributed by atoms with Crippen molar-refractivity contribution in [2.45, 2.75) is 43.5 Å². The standard InChI is InChI=1S/C26H23Cl2F3N4O5S/c1-14(2)40-25(37)34-17-10-21-22(11-16(12-32-21)33-24(36)23-19(27)7-4-8-20(23)28)35(13-17)41(38,39)18-6-3-5-15(9-18)26(29,30)31/h3-9,11-12,14,17H,10,13H2,1-2H3,(H,33,36)(H,34,37)/t17-/m1/s1. The molecule has 0 aliphatic carbocycles. The number of alkyl halides is 3. The van der Waals surface area contributed by atoms with Crippen LogP contribution in [0.2, 0.25) is 10.0 Å². The number of halogens is 5. The van der Waals surface area contributed by atoms with E-state index < -0.39 is 50.8 Å². The van der Waals surface area contributed by atoms with Crippen molar-refractivity contribution in [3.8, 4) is 0 Å². The van der Waals surface area contributed by atoms with Gasteiger partial charge in [0, 0.05) is 6.42 Å². The molecule has 0 saturated heterocycles. The number of pyridine rings is 1. The van der Waals surface area contributed by atoms with Gasteiger partial charge in [-0.3, -0.25) is 14.1 Å². The summed E-state index contributed by atoms with van der Waals surface area (Å²) >= 11 is 12.2. The van der Waals surface area contributed by atoms with Crippen LogP contribution in [-0.2, 0) is 27.4 Å². The minimum Gasteiger partial charge on any atom is -0.447 e. The number of nitrogens with zero attached hydrogens (tertiary/aromatic N) is 2. The van der Waals surface area contributed by atoms with Crippen LogP contribution in [0, 0.1) is 0 Å². The van der Waals surface area contributed by atoms with Gasteiger partial charge in [-0.1, -0.05) is 35.3 Å². The minimum absolute atomic E-state index is 0.000689. The number of amides is 2. The molecule has 0 fully saturated rings. The maximum atomic E-state index is 13.7. The van der Waals surface area contributed by atoms with E-state index in [-0.39, 0.29) is 45.6 Å². The number of rotatable bonds is 6. The van der Waals surface area contributed by atoms with Crippen molar-refractivity contribution >= 4 is 56.6 Å².